The molecule has 0 saturated heterocycles. The second-order valence-electron chi connectivity index (χ2n) is 4.15. The van der Waals surface area contributed by atoms with E-state index in [4.69, 9.17) is 23.2 Å². The highest BCUT2D eigenvalue weighted by molar-refractivity contribution is 6.57. The number of fused-ring (bicyclic) bond motifs is 1. The summed E-state index contributed by atoms with van der Waals surface area (Å²) in [7, 11) is 0. The minimum atomic E-state index is -1.28. The lowest BCUT2D eigenvalue weighted by Gasteiger charge is -2.14. The van der Waals surface area contributed by atoms with Crippen LogP contribution in [0.4, 0.5) is 0 Å². The Morgan fingerprint density at radius 1 is 1.38 bits per heavy atom. The van der Waals surface area contributed by atoms with Crippen LogP contribution in [0, 0.1) is 11.8 Å². The summed E-state index contributed by atoms with van der Waals surface area (Å²) in [5.41, 5.74) is 0. The van der Waals surface area contributed by atoms with Gasteiger partial charge in [0.05, 0.1) is 0 Å². The molecule has 0 spiro atoms. The molecule has 4 heteroatoms. The average Bonchev–Trinajstić information content (AvgIpc) is 2.47. The molecule has 0 aliphatic heterocycles. The Balaban J connectivity index is 1.84. The van der Waals surface area contributed by atoms with E-state index in [2.05, 4.69) is 5.32 Å². The van der Waals surface area contributed by atoms with E-state index in [1.165, 1.54) is 26.2 Å². The van der Waals surface area contributed by atoms with Crippen molar-refractivity contribution >= 4 is 29.1 Å². The zero-order valence-electron chi connectivity index (χ0n) is 7.52. The van der Waals surface area contributed by atoms with Crippen molar-refractivity contribution in [2.45, 2.75) is 36.6 Å². The molecule has 0 aromatic heterocycles. The molecule has 74 valence electrons. The van der Waals surface area contributed by atoms with Crippen LogP contribution in [-0.4, -0.2) is 16.3 Å². The van der Waals surface area contributed by atoms with Gasteiger partial charge in [0.15, 0.2) is 4.33 Å². The number of nitrogens with one attached hydrogen (secondary N) is 1. The van der Waals surface area contributed by atoms with E-state index in [-0.39, 0.29) is 5.91 Å². The predicted molar refractivity (Wildman–Crippen MR) is 52.9 cm³/mol. The molecule has 13 heavy (non-hydrogen) atoms. The fraction of sp³-hybridized carbons (Fsp3) is 0.889. The van der Waals surface area contributed by atoms with Gasteiger partial charge < -0.3 is 5.32 Å². The van der Waals surface area contributed by atoms with Gasteiger partial charge in [-0.15, -0.1) is 0 Å². The van der Waals surface area contributed by atoms with E-state index in [9.17, 15) is 4.79 Å². The standard InChI is InChI=1S/C9H13Cl2NO/c1-9(10,11)8(13)12-7-5-3-2-4-6(5)7/h5-7H,2-4H2,1H3,(H,12,13). The molecule has 0 aromatic rings. The maximum absolute atomic E-state index is 11.4. The molecule has 2 saturated carbocycles. The topological polar surface area (TPSA) is 29.1 Å². The number of amides is 1. The van der Waals surface area contributed by atoms with Crippen molar-refractivity contribution in [2.24, 2.45) is 11.8 Å². The molecule has 2 aliphatic carbocycles. The van der Waals surface area contributed by atoms with E-state index in [0.717, 1.165) is 0 Å². The molecule has 2 nitrogen and oxygen atoms in total. The minimum absolute atomic E-state index is 0.254. The van der Waals surface area contributed by atoms with Crippen LogP contribution in [-0.2, 0) is 4.79 Å². The highest BCUT2D eigenvalue weighted by atomic mass is 35.5. The van der Waals surface area contributed by atoms with Gasteiger partial charge in [-0.25, -0.2) is 0 Å². The summed E-state index contributed by atoms with van der Waals surface area (Å²) in [6.45, 7) is 1.50. The smallest absolute Gasteiger partial charge is 0.256 e. The summed E-state index contributed by atoms with van der Waals surface area (Å²) in [5.74, 6) is 1.16. The average molecular weight is 222 g/mol. The van der Waals surface area contributed by atoms with Crippen LogP contribution in [0.5, 0.6) is 0 Å². The van der Waals surface area contributed by atoms with Crippen molar-refractivity contribution in [1.82, 2.24) is 5.32 Å². The second-order valence-corrected chi connectivity index (χ2v) is 5.85. The number of carbonyl (C=O) groups excluding carboxylic acids is 1. The van der Waals surface area contributed by atoms with Crippen LogP contribution in [0.3, 0.4) is 0 Å². The molecule has 2 aliphatic rings. The fourth-order valence-corrected chi connectivity index (χ4v) is 2.42. The van der Waals surface area contributed by atoms with Gasteiger partial charge in [0.2, 0.25) is 0 Å². The lowest BCUT2D eigenvalue weighted by Crippen LogP contribution is -2.39. The molecule has 2 unspecified atom stereocenters. The van der Waals surface area contributed by atoms with Crippen molar-refractivity contribution < 1.29 is 4.79 Å². The van der Waals surface area contributed by atoms with Crippen molar-refractivity contribution in [3.8, 4) is 0 Å². The molecule has 0 radical (unpaired) electrons. The van der Waals surface area contributed by atoms with Gasteiger partial charge in [-0.2, -0.15) is 0 Å². The minimum Gasteiger partial charge on any atom is -0.350 e. The third-order valence-corrected chi connectivity index (χ3v) is 3.45. The Labute approximate surface area is 88.0 Å². The first-order valence-corrected chi connectivity index (χ1v) is 5.44. The number of hydrogen-bond donors (Lipinski definition) is 1. The number of alkyl halides is 2. The Morgan fingerprint density at radius 3 is 2.38 bits per heavy atom. The zero-order valence-corrected chi connectivity index (χ0v) is 9.03. The summed E-state index contributed by atoms with van der Waals surface area (Å²) < 4.78 is -1.28. The lowest BCUT2D eigenvalue weighted by atomic mass is 10.2. The van der Waals surface area contributed by atoms with Gasteiger partial charge in [-0.3, -0.25) is 4.79 Å². The molecule has 2 rings (SSSR count). The highest BCUT2D eigenvalue weighted by Crippen LogP contribution is 2.52. The van der Waals surface area contributed by atoms with Crippen LogP contribution < -0.4 is 5.32 Å². The molecular formula is C9H13Cl2NO. The van der Waals surface area contributed by atoms with Crippen LogP contribution >= 0.6 is 23.2 Å². The summed E-state index contributed by atoms with van der Waals surface area (Å²) in [6, 6.07) is 0.359. The van der Waals surface area contributed by atoms with E-state index < -0.39 is 4.33 Å². The van der Waals surface area contributed by atoms with Crippen molar-refractivity contribution in [2.75, 3.05) is 0 Å². The summed E-state index contributed by atoms with van der Waals surface area (Å²) in [4.78, 5) is 11.4. The zero-order chi connectivity index (χ0) is 9.64. The van der Waals surface area contributed by atoms with E-state index in [0.29, 0.717) is 17.9 Å². The van der Waals surface area contributed by atoms with Crippen molar-refractivity contribution in [3.05, 3.63) is 0 Å². The second kappa shape index (κ2) is 3.03. The first-order chi connectivity index (χ1) is 6.00. The molecule has 1 amide bonds. The number of hydrogen-bond acceptors (Lipinski definition) is 1. The Kier molecular flexibility index (Phi) is 2.23. The largest absolute Gasteiger partial charge is 0.350 e. The van der Waals surface area contributed by atoms with Gasteiger partial charge in [-0.1, -0.05) is 29.6 Å². The van der Waals surface area contributed by atoms with Crippen LogP contribution in [0.2, 0.25) is 0 Å². The van der Waals surface area contributed by atoms with Gasteiger partial charge >= 0.3 is 0 Å². The normalized spacial score (nSPS) is 37.0. The van der Waals surface area contributed by atoms with Crippen LogP contribution in [0.15, 0.2) is 0 Å². The molecule has 2 fully saturated rings. The predicted octanol–water partition coefficient (Wildman–Crippen LogP) is 2.09. The number of rotatable bonds is 2. The third-order valence-electron chi connectivity index (χ3n) is 3.10. The molecule has 0 aromatic carbocycles. The number of halogens is 2. The Hall–Kier alpha value is 0.0500. The Morgan fingerprint density at radius 2 is 1.92 bits per heavy atom. The molecule has 2 atom stereocenters. The monoisotopic (exact) mass is 221 g/mol. The SMILES string of the molecule is CC(Cl)(Cl)C(=O)NC1C2CCCC21. The highest BCUT2D eigenvalue weighted by Gasteiger charge is 2.54. The summed E-state index contributed by atoms with van der Waals surface area (Å²) in [6.07, 6.45) is 3.80. The molecule has 0 heterocycles. The van der Waals surface area contributed by atoms with Crippen LogP contribution in [0.1, 0.15) is 26.2 Å². The molecule has 0 bridgehead atoms. The quantitative estimate of drug-likeness (QED) is 0.712. The van der Waals surface area contributed by atoms with Gasteiger partial charge in [0.25, 0.3) is 5.91 Å². The van der Waals surface area contributed by atoms with Crippen molar-refractivity contribution in [1.29, 1.82) is 0 Å². The maximum Gasteiger partial charge on any atom is 0.256 e. The van der Waals surface area contributed by atoms with Crippen LogP contribution in [0.25, 0.3) is 0 Å². The van der Waals surface area contributed by atoms with E-state index in [1.807, 2.05) is 0 Å². The van der Waals surface area contributed by atoms with E-state index >= 15 is 0 Å². The van der Waals surface area contributed by atoms with E-state index in [1.54, 1.807) is 0 Å². The first-order valence-electron chi connectivity index (χ1n) is 4.69. The molecular weight excluding hydrogens is 209 g/mol. The summed E-state index contributed by atoms with van der Waals surface area (Å²) >= 11 is 11.3. The summed E-state index contributed by atoms with van der Waals surface area (Å²) in [5, 5.41) is 2.89. The number of carbonyl (C=O) groups is 1. The maximum atomic E-state index is 11.4. The lowest BCUT2D eigenvalue weighted by molar-refractivity contribution is -0.121. The van der Waals surface area contributed by atoms with Crippen molar-refractivity contribution in [3.63, 3.8) is 0 Å². The fourth-order valence-electron chi connectivity index (χ4n) is 2.31. The van der Waals surface area contributed by atoms with Gasteiger partial charge in [0, 0.05) is 6.04 Å². The Bertz CT molecular complexity index is 226. The molecule has 1 N–H and O–H groups in total. The third kappa shape index (κ3) is 1.79. The van der Waals surface area contributed by atoms with Gasteiger partial charge in [0.1, 0.15) is 0 Å². The first kappa shape index (κ1) is 9.60. The van der Waals surface area contributed by atoms with Gasteiger partial charge in [-0.05, 0) is 31.6 Å².